The van der Waals surface area contributed by atoms with Crippen LogP contribution in [0.25, 0.3) is 0 Å². The van der Waals surface area contributed by atoms with Crippen molar-refractivity contribution < 1.29 is 14.3 Å². The van der Waals surface area contributed by atoms with E-state index >= 15 is 0 Å². The van der Waals surface area contributed by atoms with Gasteiger partial charge in [0.2, 0.25) is 0 Å². The Hall–Kier alpha value is -1.09. The fraction of sp³-hybridized carbons (Fsp3) is 0.583. The van der Waals surface area contributed by atoms with Crippen LogP contribution in [0.4, 0.5) is 0 Å². The zero-order valence-electron chi connectivity index (χ0n) is 9.15. The molecule has 0 spiro atoms. The summed E-state index contributed by atoms with van der Waals surface area (Å²) in [5, 5.41) is 0. The van der Waals surface area contributed by atoms with E-state index in [1.54, 1.807) is 6.92 Å². The number of allylic oxidation sites excluding steroid dienone is 2. The van der Waals surface area contributed by atoms with E-state index in [2.05, 4.69) is 6.58 Å². The van der Waals surface area contributed by atoms with Gasteiger partial charge in [0.15, 0.2) is 0 Å². The van der Waals surface area contributed by atoms with Gasteiger partial charge in [-0.1, -0.05) is 12.2 Å². The van der Waals surface area contributed by atoms with E-state index < -0.39 is 0 Å². The van der Waals surface area contributed by atoms with E-state index in [-0.39, 0.29) is 5.97 Å². The first-order valence-corrected chi connectivity index (χ1v) is 5.31. The maximum atomic E-state index is 11.1. The molecule has 0 aromatic rings. The van der Waals surface area contributed by atoms with Gasteiger partial charge in [-0.05, 0) is 19.3 Å². The van der Waals surface area contributed by atoms with Crippen molar-refractivity contribution in [3.8, 4) is 0 Å². The van der Waals surface area contributed by atoms with Gasteiger partial charge in [0, 0.05) is 12.0 Å². The van der Waals surface area contributed by atoms with Crippen LogP contribution in [-0.2, 0) is 14.3 Å². The summed E-state index contributed by atoms with van der Waals surface area (Å²) < 4.78 is 9.95. The molecule has 1 heterocycles. The summed E-state index contributed by atoms with van der Waals surface area (Å²) in [5.41, 5.74) is 0. The summed E-state index contributed by atoms with van der Waals surface area (Å²) >= 11 is 0. The lowest BCUT2D eigenvalue weighted by atomic mass is 9.88. The van der Waals surface area contributed by atoms with Crippen LogP contribution in [-0.4, -0.2) is 25.8 Å². The quantitative estimate of drug-likeness (QED) is 0.382. The first-order valence-electron chi connectivity index (χ1n) is 5.31. The van der Waals surface area contributed by atoms with Gasteiger partial charge in [-0.15, -0.1) is 6.58 Å². The summed E-state index contributed by atoms with van der Waals surface area (Å²) in [6.07, 6.45) is 6.17. The molecule has 0 amide bonds. The highest BCUT2D eigenvalue weighted by molar-refractivity contribution is 5.81. The first kappa shape index (κ1) is 12.0. The average Bonchev–Trinajstić information content (AvgIpc) is 2.12. The number of ether oxygens (including phenoxy) is 2. The Bertz CT molecular complexity index is 241. The second kappa shape index (κ2) is 6.40. The lowest BCUT2D eigenvalue weighted by molar-refractivity contribution is -0.137. The molecular weight excluding hydrogens is 192 g/mol. The SMILES string of the molecule is C=CCC(/C=C/C(=O)OCC)C1COC1. The van der Waals surface area contributed by atoms with Crippen molar-refractivity contribution in [2.45, 2.75) is 13.3 Å². The molecule has 0 radical (unpaired) electrons. The summed E-state index contributed by atoms with van der Waals surface area (Å²) in [4.78, 5) is 11.1. The third-order valence-electron chi connectivity index (χ3n) is 2.47. The van der Waals surface area contributed by atoms with Crippen molar-refractivity contribution in [3.63, 3.8) is 0 Å². The molecule has 1 atom stereocenters. The molecule has 1 unspecified atom stereocenters. The molecule has 0 aliphatic carbocycles. The Morgan fingerprint density at radius 3 is 2.87 bits per heavy atom. The number of rotatable bonds is 6. The zero-order chi connectivity index (χ0) is 11.1. The lowest BCUT2D eigenvalue weighted by Gasteiger charge is -2.31. The molecule has 0 saturated carbocycles. The minimum Gasteiger partial charge on any atom is -0.463 e. The number of hydrogen-bond acceptors (Lipinski definition) is 3. The van der Waals surface area contributed by atoms with Gasteiger partial charge in [-0.25, -0.2) is 4.79 Å². The average molecular weight is 210 g/mol. The largest absolute Gasteiger partial charge is 0.463 e. The molecule has 3 nitrogen and oxygen atoms in total. The molecule has 15 heavy (non-hydrogen) atoms. The second-order valence-electron chi connectivity index (χ2n) is 3.60. The van der Waals surface area contributed by atoms with Crippen LogP contribution >= 0.6 is 0 Å². The third-order valence-corrected chi connectivity index (χ3v) is 2.47. The number of carbonyl (C=O) groups is 1. The molecule has 84 valence electrons. The van der Waals surface area contributed by atoms with Crippen LogP contribution in [0.5, 0.6) is 0 Å². The predicted octanol–water partition coefficient (Wildman–Crippen LogP) is 1.94. The van der Waals surface area contributed by atoms with Crippen molar-refractivity contribution in [1.82, 2.24) is 0 Å². The van der Waals surface area contributed by atoms with E-state index in [1.807, 2.05) is 12.2 Å². The molecule has 1 aliphatic rings. The molecule has 0 aromatic heterocycles. The molecule has 1 fully saturated rings. The normalized spacial score (nSPS) is 18.5. The van der Waals surface area contributed by atoms with Crippen molar-refractivity contribution in [2.24, 2.45) is 11.8 Å². The fourth-order valence-electron chi connectivity index (χ4n) is 1.51. The fourth-order valence-corrected chi connectivity index (χ4v) is 1.51. The molecule has 0 bridgehead atoms. The summed E-state index contributed by atoms with van der Waals surface area (Å²) in [7, 11) is 0. The maximum Gasteiger partial charge on any atom is 0.330 e. The van der Waals surface area contributed by atoms with Gasteiger partial charge in [-0.2, -0.15) is 0 Å². The molecule has 1 rings (SSSR count). The molecular formula is C12H18O3. The second-order valence-corrected chi connectivity index (χ2v) is 3.60. The highest BCUT2D eigenvalue weighted by atomic mass is 16.5. The Balaban J connectivity index is 2.41. The van der Waals surface area contributed by atoms with Gasteiger partial charge >= 0.3 is 5.97 Å². The van der Waals surface area contributed by atoms with Gasteiger partial charge in [0.1, 0.15) is 0 Å². The van der Waals surface area contributed by atoms with Crippen LogP contribution < -0.4 is 0 Å². The Morgan fingerprint density at radius 1 is 1.67 bits per heavy atom. The minimum absolute atomic E-state index is 0.271. The summed E-state index contributed by atoms with van der Waals surface area (Å²) in [6.45, 7) is 7.50. The smallest absolute Gasteiger partial charge is 0.330 e. The van der Waals surface area contributed by atoms with E-state index in [4.69, 9.17) is 9.47 Å². The van der Waals surface area contributed by atoms with Crippen molar-refractivity contribution in [3.05, 3.63) is 24.8 Å². The van der Waals surface area contributed by atoms with Crippen LogP contribution in [0.2, 0.25) is 0 Å². The Morgan fingerprint density at radius 2 is 2.40 bits per heavy atom. The van der Waals surface area contributed by atoms with Crippen LogP contribution in [0.1, 0.15) is 13.3 Å². The van der Waals surface area contributed by atoms with Gasteiger partial charge in [0.05, 0.1) is 19.8 Å². The standard InChI is InChI=1S/C12H18O3/c1-3-5-10(11-8-14-9-11)6-7-12(13)15-4-2/h3,6-7,10-11H,1,4-5,8-9H2,2H3/b7-6+. The third kappa shape index (κ3) is 3.88. The first-order chi connectivity index (χ1) is 7.27. The predicted molar refractivity (Wildman–Crippen MR) is 58.4 cm³/mol. The molecule has 0 N–H and O–H groups in total. The van der Waals surface area contributed by atoms with Crippen molar-refractivity contribution >= 4 is 5.97 Å². The summed E-state index contributed by atoms with van der Waals surface area (Å²) in [5.74, 6) is 0.598. The van der Waals surface area contributed by atoms with E-state index in [0.717, 1.165) is 19.6 Å². The highest BCUT2D eigenvalue weighted by Gasteiger charge is 2.25. The lowest BCUT2D eigenvalue weighted by Crippen LogP contribution is -2.33. The zero-order valence-corrected chi connectivity index (χ0v) is 9.15. The molecule has 0 aromatic carbocycles. The van der Waals surface area contributed by atoms with Crippen LogP contribution in [0.15, 0.2) is 24.8 Å². The molecule has 1 aliphatic heterocycles. The van der Waals surface area contributed by atoms with E-state index in [1.165, 1.54) is 6.08 Å². The van der Waals surface area contributed by atoms with Gasteiger partial charge in [0.25, 0.3) is 0 Å². The van der Waals surface area contributed by atoms with Crippen LogP contribution in [0.3, 0.4) is 0 Å². The van der Waals surface area contributed by atoms with E-state index in [9.17, 15) is 4.79 Å². The van der Waals surface area contributed by atoms with Gasteiger partial charge < -0.3 is 9.47 Å². The van der Waals surface area contributed by atoms with Crippen molar-refractivity contribution in [2.75, 3.05) is 19.8 Å². The Kier molecular flexibility index (Phi) is 5.12. The number of carbonyl (C=O) groups excluding carboxylic acids is 1. The number of esters is 1. The minimum atomic E-state index is -0.271. The Labute approximate surface area is 90.8 Å². The van der Waals surface area contributed by atoms with E-state index in [0.29, 0.717) is 18.4 Å². The van der Waals surface area contributed by atoms with Crippen LogP contribution in [0, 0.1) is 11.8 Å². The number of hydrogen-bond donors (Lipinski definition) is 0. The van der Waals surface area contributed by atoms with Crippen molar-refractivity contribution in [1.29, 1.82) is 0 Å². The highest BCUT2D eigenvalue weighted by Crippen LogP contribution is 2.25. The topological polar surface area (TPSA) is 35.5 Å². The molecule has 1 saturated heterocycles. The molecule has 3 heteroatoms. The van der Waals surface area contributed by atoms with Gasteiger partial charge in [-0.3, -0.25) is 0 Å². The summed E-state index contributed by atoms with van der Waals surface area (Å²) in [6, 6.07) is 0. The maximum absolute atomic E-state index is 11.1. The monoisotopic (exact) mass is 210 g/mol.